The smallest absolute Gasteiger partial charge is 0.408 e. The molecule has 0 aliphatic heterocycles. The number of alkyl carbamates (subject to hydrolysis) is 1. The molecule has 22 heavy (non-hydrogen) atoms. The standard InChI is InChI=1S/C16H20BrN3O2/c1-10(19-15(21)22-16(2,3)4)14-18-9-13(20-14)11-5-7-12(17)8-6-11/h5-10H,1-4H3,(H,18,20)(H,19,21)/t10-/m1/s1. The van der Waals surface area contributed by atoms with Crippen LogP contribution in [0.4, 0.5) is 4.79 Å². The van der Waals surface area contributed by atoms with Crippen molar-refractivity contribution in [3.63, 3.8) is 0 Å². The molecule has 2 rings (SSSR count). The lowest BCUT2D eigenvalue weighted by Gasteiger charge is -2.21. The minimum Gasteiger partial charge on any atom is -0.444 e. The van der Waals surface area contributed by atoms with Gasteiger partial charge in [0.25, 0.3) is 0 Å². The number of carbonyl (C=O) groups is 1. The molecule has 5 nitrogen and oxygen atoms in total. The molecular formula is C16H20BrN3O2. The molecule has 6 heteroatoms. The Kier molecular flexibility index (Phi) is 4.90. The average Bonchev–Trinajstić information content (AvgIpc) is 2.86. The van der Waals surface area contributed by atoms with E-state index < -0.39 is 11.7 Å². The number of carbonyl (C=O) groups excluding carboxylic acids is 1. The molecule has 1 heterocycles. The van der Waals surface area contributed by atoms with Gasteiger partial charge in [-0.2, -0.15) is 0 Å². The van der Waals surface area contributed by atoms with Gasteiger partial charge in [0.15, 0.2) is 0 Å². The van der Waals surface area contributed by atoms with Crippen molar-refractivity contribution in [2.75, 3.05) is 0 Å². The van der Waals surface area contributed by atoms with Gasteiger partial charge >= 0.3 is 6.09 Å². The van der Waals surface area contributed by atoms with Gasteiger partial charge in [0, 0.05) is 4.47 Å². The van der Waals surface area contributed by atoms with Gasteiger partial charge in [0.1, 0.15) is 11.4 Å². The summed E-state index contributed by atoms with van der Waals surface area (Å²) >= 11 is 3.41. The molecule has 0 spiro atoms. The molecular weight excluding hydrogens is 346 g/mol. The van der Waals surface area contributed by atoms with Crippen LogP contribution in [0.5, 0.6) is 0 Å². The molecule has 0 fully saturated rings. The number of amides is 1. The van der Waals surface area contributed by atoms with Crippen LogP contribution < -0.4 is 5.32 Å². The Bertz CT molecular complexity index is 644. The van der Waals surface area contributed by atoms with Crippen LogP contribution in [0.25, 0.3) is 11.3 Å². The lowest BCUT2D eigenvalue weighted by molar-refractivity contribution is 0.0506. The van der Waals surface area contributed by atoms with Gasteiger partial charge < -0.3 is 15.0 Å². The number of imidazole rings is 1. The van der Waals surface area contributed by atoms with Crippen molar-refractivity contribution in [3.05, 3.63) is 40.8 Å². The van der Waals surface area contributed by atoms with Crippen molar-refractivity contribution < 1.29 is 9.53 Å². The van der Waals surface area contributed by atoms with Crippen molar-refractivity contribution in [1.82, 2.24) is 15.3 Å². The average molecular weight is 366 g/mol. The highest BCUT2D eigenvalue weighted by molar-refractivity contribution is 9.10. The second-order valence-corrected chi connectivity index (χ2v) is 6.97. The van der Waals surface area contributed by atoms with Crippen molar-refractivity contribution in [2.24, 2.45) is 0 Å². The Hall–Kier alpha value is -1.82. The summed E-state index contributed by atoms with van der Waals surface area (Å²) in [5.41, 5.74) is 1.42. The Balaban J connectivity index is 2.04. The first-order valence-electron chi connectivity index (χ1n) is 7.05. The molecule has 1 atom stereocenters. The van der Waals surface area contributed by atoms with Crippen molar-refractivity contribution in [1.29, 1.82) is 0 Å². The van der Waals surface area contributed by atoms with Crippen LogP contribution in [0.2, 0.25) is 0 Å². The zero-order chi connectivity index (χ0) is 16.3. The fraction of sp³-hybridized carbons (Fsp3) is 0.375. The van der Waals surface area contributed by atoms with E-state index in [4.69, 9.17) is 4.74 Å². The minimum absolute atomic E-state index is 0.265. The molecule has 1 aromatic carbocycles. The molecule has 118 valence electrons. The van der Waals surface area contributed by atoms with Gasteiger partial charge in [0.2, 0.25) is 0 Å². The molecule has 2 N–H and O–H groups in total. The lowest BCUT2D eigenvalue weighted by atomic mass is 10.2. The molecule has 0 bridgehead atoms. The molecule has 0 saturated carbocycles. The van der Waals surface area contributed by atoms with Gasteiger partial charge in [0.05, 0.1) is 17.9 Å². The number of nitrogens with zero attached hydrogens (tertiary/aromatic N) is 1. The zero-order valence-electron chi connectivity index (χ0n) is 13.1. The largest absolute Gasteiger partial charge is 0.444 e. The lowest BCUT2D eigenvalue weighted by Crippen LogP contribution is -2.34. The third kappa shape index (κ3) is 4.59. The number of ether oxygens (including phenoxy) is 1. The van der Waals surface area contributed by atoms with Gasteiger partial charge in [-0.25, -0.2) is 9.78 Å². The maximum atomic E-state index is 11.8. The minimum atomic E-state index is -0.518. The fourth-order valence-electron chi connectivity index (χ4n) is 1.89. The van der Waals surface area contributed by atoms with E-state index in [1.165, 1.54) is 0 Å². The van der Waals surface area contributed by atoms with Crippen LogP contribution in [0.15, 0.2) is 34.9 Å². The third-order valence-corrected chi connectivity index (χ3v) is 3.42. The van der Waals surface area contributed by atoms with Crippen molar-refractivity contribution in [2.45, 2.75) is 39.3 Å². The van der Waals surface area contributed by atoms with Crippen LogP contribution in [-0.2, 0) is 4.74 Å². The summed E-state index contributed by atoms with van der Waals surface area (Å²) in [5.74, 6) is 0.684. The van der Waals surface area contributed by atoms with E-state index in [1.807, 2.05) is 52.0 Å². The highest BCUT2D eigenvalue weighted by Gasteiger charge is 2.19. The second kappa shape index (κ2) is 6.52. The van der Waals surface area contributed by atoms with E-state index in [-0.39, 0.29) is 6.04 Å². The van der Waals surface area contributed by atoms with Crippen molar-refractivity contribution >= 4 is 22.0 Å². The van der Waals surface area contributed by atoms with Crippen molar-refractivity contribution in [3.8, 4) is 11.3 Å². The maximum Gasteiger partial charge on any atom is 0.408 e. The maximum absolute atomic E-state index is 11.8. The van der Waals surface area contributed by atoms with Crippen LogP contribution in [0.1, 0.15) is 39.6 Å². The Morgan fingerprint density at radius 1 is 1.32 bits per heavy atom. The molecule has 0 aliphatic carbocycles. The number of rotatable bonds is 3. The van der Waals surface area contributed by atoms with Crippen LogP contribution in [0, 0.1) is 0 Å². The Labute approximate surface area is 138 Å². The molecule has 0 saturated heterocycles. The summed E-state index contributed by atoms with van der Waals surface area (Å²) in [6.45, 7) is 7.34. The number of hydrogen-bond acceptors (Lipinski definition) is 3. The predicted octanol–water partition coefficient (Wildman–Crippen LogP) is 4.42. The highest BCUT2D eigenvalue weighted by Crippen LogP contribution is 2.21. The van der Waals surface area contributed by atoms with E-state index >= 15 is 0 Å². The third-order valence-electron chi connectivity index (χ3n) is 2.89. The number of nitrogens with one attached hydrogen (secondary N) is 2. The fourth-order valence-corrected chi connectivity index (χ4v) is 2.15. The van der Waals surface area contributed by atoms with E-state index in [0.29, 0.717) is 5.82 Å². The van der Waals surface area contributed by atoms with Gasteiger partial charge in [-0.15, -0.1) is 0 Å². The van der Waals surface area contributed by atoms with E-state index in [0.717, 1.165) is 15.7 Å². The summed E-state index contributed by atoms with van der Waals surface area (Å²) in [7, 11) is 0. The number of benzene rings is 1. The topological polar surface area (TPSA) is 67.0 Å². The number of halogens is 1. The van der Waals surface area contributed by atoms with Gasteiger partial charge in [-0.3, -0.25) is 0 Å². The Morgan fingerprint density at radius 2 is 1.95 bits per heavy atom. The SMILES string of the molecule is C[C@@H](NC(=O)OC(C)(C)C)c1ncc(-c2ccc(Br)cc2)[nH]1. The quantitative estimate of drug-likeness (QED) is 0.845. The molecule has 0 radical (unpaired) electrons. The van der Waals surface area contributed by atoms with Crippen LogP contribution >= 0.6 is 15.9 Å². The summed E-state index contributed by atoms with van der Waals surface area (Å²) in [5, 5.41) is 2.76. The summed E-state index contributed by atoms with van der Waals surface area (Å²) in [4.78, 5) is 19.3. The molecule has 1 amide bonds. The molecule has 0 aliphatic rings. The van der Waals surface area contributed by atoms with Gasteiger partial charge in [-0.05, 0) is 45.4 Å². The monoisotopic (exact) mass is 365 g/mol. The number of aromatic nitrogens is 2. The highest BCUT2D eigenvalue weighted by atomic mass is 79.9. The zero-order valence-corrected chi connectivity index (χ0v) is 14.7. The van der Waals surface area contributed by atoms with E-state index in [2.05, 4.69) is 31.2 Å². The van der Waals surface area contributed by atoms with Crippen LogP contribution in [-0.4, -0.2) is 21.7 Å². The first-order chi connectivity index (χ1) is 10.2. The number of hydrogen-bond donors (Lipinski definition) is 2. The van der Waals surface area contributed by atoms with Crippen LogP contribution in [0.3, 0.4) is 0 Å². The first-order valence-corrected chi connectivity index (χ1v) is 7.84. The molecule has 1 aromatic heterocycles. The first kappa shape index (κ1) is 16.5. The summed E-state index contributed by atoms with van der Waals surface area (Å²) < 4.78 is 6.26. The number of aromatic amines is 1. The molecule has 0 unspecified atom stereocenters. The summed E-state index contributed by atoms with van der Waals surface area (Å²) in [6.07, 6.45) is 1.30. The van der Waals surface area contributed by atoms with E-state index in [9.17, 15) is 4.79 Å². The number of H-pyrrole nitrogens is 1. The summed E-state index contributed by atoms with van der Waals surface area (Å²) in [6, 6.07) is 7.66. The normalized spacial score (nSPS) is 12.8. The Morgan fingerprint density at radius 3 is 2.55 bits per heavy atom. The van der Waals surface area contributed by atoms with Gasteiger partial charge in [-0.1, -0.05) is 28.1 Å². The van der Waals surface area contributed by atoms with E-state index in [1.54, 1.807) is 6.20 Å². The second-order valence-electron chi connectivity index (χ2n) is 6.06. The molecule has 2 aromatic rings. The predicted molar refractivity (Wildman–Crippen MR) is 89.5 cm³/mol.